The number of hydroxylamine groups is 2. The van der Waals surface area contributed by atoms with Gasteiger partial charge in [0, 0.05) is 13.1 Å². The summed E-state index contributed by atoms with van der Waals surface area (Å²) in [6.07, 6.45) is 2.66. The number of carbonyl (C=O) groups excluding carboxylic acids is 2. The van der Waals surface area contributed by atoms with Crippen molar-refractivity contribution < 1.29 is 19.2 Å². The number of hydrogen-bond acceptors (Lipinski definition) is 5. The van der Waals surface area contributed by atoms with Gasteiger partial charge >= 0.3 is 11.9 Å². The predicted molar refractivity (Wildman–Crippen MR) is 99.9 cm³/mol. The van der Waals surface area contributed by atoms with E-state index in [1.54, 1.807) is 5.06 Å². The summed E-state index contributed by atoms with van der Waals surface area (Å²) in [7, 11) is 0. The maximum absolute atomic E-state index is 12.2. The monoisotopic (exact) mass is 361 g/mol. The fraction of sp³-hybridized carbons (Fsp3) is 0.619. The quantitative estimate of drug-likeness (QED) is 0.718. The van der Waals surface area contributed by atoms with Crippen molar-refractivity contribution in [3.05, 3.63) is 35.9 Å². The zero-order valence-electron chi connectivity index (χ0n) is 16.4. The molecule has 1 saturated heterocycles. The molecule has 0 aliphatic carbocycles. The molecule has 0 saturated carbocycles. The molecule has 5 nitrogen and oxygen atoms in total. The van der Waals surface area contributed by atoms with E-state index < -0.39 is 5.41 Å². The second kappa shape index (κ2) is 9.17. The van der Waals surface area contributed by atoms with Gasteiger partial charge in [0.2, 0.25) is 0 Å². The lowest BCUT2D eigenvalue weighted by Crippen LogP contribution is -2.39. The standard InChI is InChI=1S/C21H31NO4/c1-16(19(23)25-15-18-8-6-5-7-9-18)14-17-10-12-22(13-11-17)26-20(24)21(2,3)4/h5-9,16-17H,10-15H2,1-4H3. The highest BCUT2D eigenvalue weighted by Crippen LogP contribution is 2.26. The molecular formula is C21H31NO4. The Hall–Kier alpha value is -1.88. The summed E-state index contributed by atoms with van der Waals surface area (Å²) in [5.41, 5.74) is 0.510. The van der Waals surface area contributed by atoms with E-state index in [1.165, 1.54) is 0 Å². The molecule has 0 aromatic heterocycles. The van der Waals surface area contributed by atoms with Crippen LogP contribution in [0.3, 0.4) is 0 Å². The van der Waals surface area contributed by atoms with Crippen molar-refractivity contribution in [2.45, 2.75) is 53.6 Å². The van der Waals surface area contributed by atoms with E-state index in [4.69, 9.17) is 9.57 Å². The smallest absolute Gasteiger partial charge is 0.330 e. The first-order valence-electron chi connectivity index (χ1n) is 9.43. The fourth-order valence-electron chi connectivity index (χ4n) is 2.96. The predicted octanol–water partition coefficient (Wildman–Crippen LogP) is 3.97. The van der Waals surface area contributed by atoms with Crippen molar-refractivity contribution in [3.63, 3.8) is 0 Å². The van der Waals surface area contributed by atoms with Crippen molar-refractivity contribution in [1.29, 1.82) is 0 Å². The van der Waals surface area contributed by atoms with Crippen molar-refractivity contribution in [1.82, 2.24) is 5.06 Å². The zero-order chi connectivity index (χ0) is 19.2. The van der Waals surface area contributed by atoms with Crippen molar-refractivity contribution >= 4 is 11.9 Å². The Morgan fingerprint density at radius 3 is 2.35 bits per heavy atom. The van der Waals surface area contributed by atoms with Gasteiger partial charge in [-0.15, -0.1) is 5.06 Å². The Labute approximate surface area is 156 Å². The van der Waals surface area contributed by atoms with Crippen molar-refractivity contribution in [3.8, 4) is 0 Å². The normalized spacial score (nSPS) is 17.5. The van der Waals surface area contributed by atoms with Crippen LogP contribution >= 0.6 is 0 Å². The molecule has 144 valence electrons. The van der Waals surface area contributed by atoms with Crippen LogP contribution in [0.15, 0.2) is 30.3 Å². The van der Waals surface area contributed by atoms with Gasteiger partial charge in [-0.1, -0.05) is 37.3 Å². The Bertz CT molecular complexity index is 586. The highest BCUT2D eigenvalue weighted by Gasteiger charge is 2.29. The summed E-state index contributed by atoms with van der Waals surface area (Å²) >= 11 is 0. The summed E-state index contributed by atoms with van der Waals surface area (Å²) < 4.78 is 5.42. The number of esters is 1. The topological polar surface area (TPSA) is 55.8 Å². The van der Waals surface area contributed by atoms with Crippen LogP contribution in [-0.4, -0.2) is 30.1 Å². The summed E-state index contributed by atoms with van der Waals surface area (Å²) in [5, 5.41) is 1.75. The largest absolute Gasteiger partial charge is 0.461 e. The Balaban J connectivity index is 1.69. The van der Waals surface area contributed by atoms with Gasteiger partial charge in [0.25, 0.3) is 0 Å². The zero-order valence-corrected chi connectivity index (χ0v) is 16.4. The minimum Gasteiger partial charge on any atom is -0.461 e. The van der Waals surface area contributed by atoms with E-state index in [-0.39, 0.29) is 17.9 Å². The molecule has 0 spiro atoms. The lowest BCUT2D eigenvalue weighted by molar-refractivity contribution is -0.206. The van der Waals surface area contributed by atoms with E-state index in [0.29, 0.717) is 12.5 Å². The van der Waals surface area contributed by atoms with E-state index >= 15 is 0 Å². The average molecular weight is 361 g/mol. The maximum Gasteiger partial charge on any atom is 0.330 e. The third-order valence-corrected chi connectivity index (χ3v) is 4.71. The molecule has 26 heavy (non-hydrogen) atoms. The number of nitrogens with zero attached hydrogens (tertiary/aromatic N) is 1. The second-order valence-corrected chi connectivity index (χ2v) is 8.23. The molecule has 1 fully saturated rings. The van der Waals surface area contributed by atoms with E-state index in [2.05, 4.69) is 0 Å². The molecule has 1 aliphatic heterocycles. The number of benzene rings is 1. The molecule has 1 aliphatic rings. The first kappa shape index (κ1) is 20.4. The van der Waals surface area contributed by atoms with Crippen LogP contribution in [0.25, 0.3) is 0 Å². The average Bonchev–Trinajstić information content (AvgIpc) is 2.61. The summed E-state index contributed by atoms with van der Waals surface area (Å²) in [4.78, 5) is 29.6. The van der Waals surface area contributed by atoms with Crippen molar-refractivity contribution in [2.24, 2.45) is 17.3 Å². The lowest BCUT2D eigenvalue weighted by Gasteiger charge is -2.32. The van der Waals surface area contributed by atoms with E-state index in [0.717, 1.165) is 37.9 Å². The highest BCUT2D eigenvalue weighted by molar-refractivity contribution is 5.75. The van der Waals surface area contributed by atoms with Crippen molar-refractivity contribution in [2.75, 3.05) is 13.1 Å². The van der Waals surface area contributed by atoms with E-state index in [1.807, 2.05) is 58.0 Å². The SMILES string of the molecule is CC(CC1CCN(OC(=O)C(C)(C)C)CC1)C(=O)OCc1ccccc1. The van der Waals surface area contributed by atoms with Gasteiger partial charge in [-0.3, -0.25) is 4.79 Å². The van der Waals surface area contributed by atoms with Gasteiger partial charge in [0.1, 0.15) is 6.61 Å². The third kappa shape index (κ3) is 6.45. The van der Waals surface area contributed by atoms with Crippen LogP contribution in [0.5, 0.6) is 0 Å². The van der Waals surface area contributed by atoms with Crippen LogP contribution in [0.1, 0.15) is 52.5 Å². The molecule has 1 heterocycles. The fourth-order valence-corrected chi connectivity index (χ4v) is 2.96. The molecule has 1 atom stereocenters. The van der Waals surface area contributed by atoms with E-state index in [9.17, 15) is 9.59 Å². The minimum atomic E-state index is -0.492. The van der Waals surface area contributed by atoms with Crippen LogP contribution in [0.2, 0.25) is 0 Å². The molecule has 1 unspecified atom stereocenters. The van der Waals surface area contributed by atoms with Crippen LogP contribution in [0, 0.1) is 17.3 Å². The Morgan fingerprint density at radius 2 is 1.77 bits per heavy atom. The first-order valence-corrected chi connectivity index (χ1v) is 9.43. The van der Waals surface area contributed by atoms with Gasteiger partial charge < -0.3 is 9.57 Å². The lowest BCUT2D eigenvalue weighted by atomic mass is 9.88. The van der Waals surface area contributed by atoms with Gasteiger partial charge in [0.15, 0.2) is 0 Å². The third-order valence-electron chi connectivity index (χ3n) is 4.71. The minimum absolute atomic E-state index is 0.118. The molecule has 2 rings (SSSR count). The number of carbonyl (C=O) groups is 2. The van der Waals surface area contributed by atoms with Gasteiger partial charge in [-0.05, 0) is 51.5 Å². The Kier molecular flexibility index (Phi) is 7.21. The van der Waals surface area contributed by atoms with Gasteiger partial charge in [-0.25, -0.2) is 4.79 Å². The molecule has 0 amide bonds. The molecule has 1 aromatic carbocycles. The van der Waals surface area contributed by atoms with Crippen LogP contribution in [-0.2, 0) is 25.8 Å². The molecular weight excluding hydrogens is 330 g/mol. The van der Waals surface area contributed by atoms with Crippen LogP contribution in [0.4, 0.5) is 0 Å². The number of ether oxygens (including phenoxy) is 1. The highest BCUT2D eigenvalue weighted by atomic mass is 16.7. The molecule has 5 heteroatoms. The Morgan fingerprint density at radius 1 is 1.15 bits per heavy atom. The van der Waals surface area contributed by atoms with Crippen LogP contribution < -0.4 is 0 Å². The molecule has 0 bridgehead atoms. The van der Waals surface area contributed by atoms with Gasteiger partial charge in [0.05, 0.1) is 11.3 Å². The maximum atomic E-state index is 12.2. The molecule has 1 aromatic rings. The first-order chi connectivity index (χ1) is 12.3. The number of piperidine rings is 1. The number of hydrogen-bond donors (Lipinski definition) is 0. The molecule has 0 radical (unpaired) electrons. The summed E-state index contributed by atoms with van der Waals surface area (Å²) in [6.45, 7) is 9.25. The summed E-state index contributed by atoms with van der Waals surface area (Å²) in [6, 6.07) is 9.72. The second-order valence-electron chi connectivity index (χ2n) is 8.23. The molecule has 0 N–H and O–H groups in total. The number of rotatable bonds is 6. The van der Waals surface area contributed by atoms with Gasteiger partial charge in [-0.2, -0.15) is 0 Å². The summed E-state index contributed by atoms with van der Waals surface area (Å²) in [5.74, 6) is -0.00416.